The number of benzene rings is 2. The number of carbonyl (C=O) groups excluding carboxylic acids is 1. The number of halogens is 2. The summed E-state index contributed by atoms with van der Waals surface area (Å²) in [6.07, 6.45) is 1.15. The number of nitrogens with zero attached hydrogens (tertiary/aromatic N) is 2. The van der Waals surface area contributed by atoms with E-state index in [1.54, 1.807) is 29.8 Å². The molecule has 0 fully saturated rings. The summed E-state index contributed by atoms with van der Waals surface area (Å²) in [6, 6.07) is 9.39. The highest BCUT2D eigenvalue weighted by Gasteiger charge is 2.13. The Bertz CT molecular complexity index is 1180. The van der Waals surface area contributed by atoms with Gasteiger partial charge in [0.2, 0.25) is 0 Å². The van der Waals surface area contributed by atoms with Gasteiger partial charge in [-0.1, -0.05) is 34.5 Å². The summed E-state index contributed by atoms with van der Waals surface area (Å²) >= 11 is 13.2. The lowest BCUT2D eigenvalue weighted by Gasteiger charge is -2.00. The maximum absolute atomic E-state index is 12.4. The van der Waals surface area contributed by atoms with E-state index in [1.165, 1.54) is 29.5 Å². The number of fused-ring (bicyclic) bond motifs is 1. The van der Waals surface area contributed by atoms with Crippen LogP contribution in [0.1, 0.15) is 10.4 Å². The van der Waals surface area contributed by atoms with E-state index in [0.29, 0.717) is 14.5 Å². The zero-order chi connectivity index (χ0) is 18.4. The molecule has 1 aromatic heterocycles. The number of carbonyl (C=O) groups is 1. The van der Waals surface area contributed by atoms with Crippen LogP contribution in [0.2, 0.25) is 10.0 Å². The quantitative estimate of drug-likeness (QED) is 0.641. The van der Waals surface area contributed by atoms with E-state index >= 15 is 0 Å². The molecule has 3 rings (SSSR count). The van der Waals surface area contributed by atoms with Crippen molar-refractivity contribution in [1.29, 1.82) is 0 Å². The highest BCUT2D eigenvalue weighted by Crippen LogP contribution is 2.23. The van der Waals surface area contributed by atoms with Crippen molar-refractivity contribution in [3.8, 4) is 0 Å². The Balaban J connectivity index is 2.15. The Morgan fingerprint density at radius 3 is 2.56 bits per heavy atom. The van der Waals surface area contributed by atoms with E-state index in [4.69, 9.17) is 23.2 Å². The number of aryl methyl sites for hydroxylation is 1. The van der Waals surface area contributed by atoms with E-state index in [9.17, 15) is 13.2 Å². The van der Waals surface area contributed by atoms with Crippen molar-refractivity contribution in [3.05, 3.63) is 56.8 Å². The first-order chi connectivity index (χ1) is 11.7. The fourth-order valence-corrected chi connectivity index (χ4v) is 4.41. The van der Waals surface area contributed by atoms with E-state index in [2.05, 4.69) is 4.99 Å². The fourth-order valence-electron chi connectivity index (χ4n) is 2.26. The lowest BCUT2D eigenvalue weighted by molar-refractivity contribution is 0.0998. The molecule has 2 aromatic carbocycles. The first-order valence-corrected chi connectivity index (χ1v) is 10.5. The van der Waals surface area contributed by atoms with E-state index in [1.807, 2.05) is 0 Å². The van der Waals surface area contributed by atoms with Gasteiger partial charge >= 0.3 is 0 Å². The van der Waals surface area contributed by atoms with Gasteiger partial charge in [-0.2, -0.15) is 4.99 Å². The number of sulfone groups is 1. The number of aromatic nitrogens is 1. The van der Waals surface area contributed by atoms with Gasteiger partial charge in [-0.15, -0.1) is 0 Å². The summed E-state index contributed by atoms with van der Waals surface area (Å²) in [4.78, 5) is 17.2. The van der Waals surface area contributed by atoms with Gasteiger partial charge in [-0.25, -0.2) is 8.42 Å². The summed E-state index contributed by atoms with van der Waals surface area (Å²) in [6.45, 7) is 0. The molecule has 130 valence electrons. The Labute approximate surface area is 158 Å². The summed E-state index contributed by atoms with van der Waals surface area (Å²) in [7, 11) is -1.55. The van der Waals surface area contributed by atoms with Crippen LogP contribution in [-0.2, 0) is 16.9 Å². The molecule has 0 aliphatic carbocycles. The predicted molar refractivity (Wildman–Crippen MR) is 100 cm³/mol. The van der Waals surface area contributed by atoms with Crippen LogP contribution in [0.15, 0.2) is 46.3 Å². The molecule has 0 unspecified atom stereocenters. The summed E-state index contributed by atoms with van der Waals surface area (Å²) in [5, 5.41) is 0.655. The molecule has 0 aliphatic rings. The van der Waals surface area contributed by atoms with Gasteiger partial charge in [-0.05, 0) is 36.4 Å². The van der Waals surface area contributed by atoms with Gasteiger partial charge in [0.05, 0.1) is 25.7 Å². The fraction of sp³-hybridized carbons (Fsp3) is 0.125. The second-order valence-corrected chi connectivity index (χ2v) is 9.25. The number of hydrogen-bond acceptors (Lipinski definition) is 4. The Kier molecular flexibility index (Phi) is 4.76. The molecule has 25 heavy (non-hydrogen) atoms. The minimum atomic E-state index is -3.31. The van der Waals surface area contributed by atoms with E-state index in [0.717, 1.165) is 11.8 Å². The monoisotopic (exact) mass is 414 g/mol. The molecule has 0 bridgehead atoms. The Hall–Kier alpha value is -1.67. The second kappa shape index (κ2) is 6.57. The standard InChI is InChI=1S/C16H12Cl2N2O3S2/c1-20-13-6-4-10(25(2,22)23)8-14(13)24-16(20)19-15(21)11-7-9(17)3-5-12(11)18/h3-8H,1-2H3. The van der Waals surface area contributed by atoms with Gasteiger partial charge in [0.1, 0.15) is 0 Å². The summed E-state index contributed by atoms with van der Waals surface area (Å²) in [5.74, 6) is -0.516. The van der Waals surface area contributed by atoms with Crippen LogP contribution >= 0.6 is 34.5 Å². The van der Waals surface area contributed by atoms with Crippen LogP contribution in [0.25, 0.3) is 10.2 Å². The lowest BCUT2D eigenvalue weighted by Crippen LogP contribution is -2.13. The van der Waals surface area contributed by atoms with Crippen LogP contribution in [0, 0.1) is 0 Å². The Morgan fingerprint density at radius 2 is 1.88 bits per heavy atom. The molecule has 1 heterocycles. The average molecular weight is 415 g/mol. The molecule has 9 heteroatoms. The maximum atomic E-state index is 12.4. The highest BCUT2D eigenvalue weighted by atomic mass is 35.5. The SMILES string of the molecule is Cn1c(=NC(=O)c2cc(Cl)ccc2Cl)sc2cc(S(C)(=O)=O)ccc21. The van der Waals surface area contributed by atoms with Gasteiger partial charge in [0.15, 0.2) is 14.6 Å². The number of hydrogen-bond donors (Lipinski definition) is 0. The van der Waals surface area contributed by atoms with Crippen molar-refractivity contribution in [2.75, 3.05) is 6.26 Å². The van der Waals surface area contributed by atoms with Crippen molar-refractivity contribution >= 4 is 60.5 Å². The molecule has 0 saturated heterocycles. The number of rotatable bonds is 2. The normalized spacial score (nSPS) is 12.7. The van der Waals surface area contributed by atoms with Crippen molar-refractivity contribution < 1.29 is 13.2 Å². The molecule has 0 radical (unpaired) electrons. The topological polar surface area (TPSA) is 68.5 Å². The second-order valence-electron chi connectivity index (χ2n) is 5.39. The maximum Gasteiger partial charge on any atom is 0.281 e. The van der Waals surface area contributed by atoms with Crippen molar-refractivity contribution in [2.45, 2.75) is 4.90 Å². The van der Waals surface area contributed by atoms with Crippen LogP contribution in [-0.4, -0.2) is 25.1 Å². The molecule has 5 nitrogen and oxygen atoms in total. The molecule has 0 atom stereocenters. The summed E-state index contributed by atoms with van der Waals surface area (Å²) < 4.78 is 25.8. The van der Waals surface area contributed by atoms with Crippen LogP contribution in [0.4, 0.5) is 0 Å². The largest absolute Gasteiger partial charge is 0.319 e. The molecule has 3 aromatic rings. The molecule has 0 aliphatic heterocycles. The lowest BCUT2D eigenvalue weighted by atomic mass is 10.2. The van der Waals surface area contributed by atoms with Gasteiger partial charge in [0.25, 0.3) is 5.91 Å². The summed E-state index contributed by atoms with van der Waals surface area (Å²) in [5.41, 5.74) is 0.990. The molecule has 0 N–H and O–H groups in total. The molecule has 0 saturated carbocycles. The molecule has 1 amide bonds. The molecular formula is C16H12Cl2N2O3S2. The molecular weight excluding hydrogens is 403 g/mol. The zero-order valence-corrected chi connectivity index (χ0v) is 16.3. The minimum Gasteiger partial charge on any atom is -0.319 e. The molecule has 0 spiro atoms. The van der Waals surface area contributed by atoms with Crippen LogP contribution in [0.5, 0.6) is 0 Å². The van der Waals surface area contributed by atoms with Gasteiger partial charge in [0, 0.05) is 18.3 Å². The number of amides is 1. The van der Waals surface area contributed by atoms with Crippen molar-refractivity contribution in [2.24, 2.45) is 12.0 Å². The number of thiazole rings is 1. The van der Waals surface area contributed by atoms with Gasteiger partial charge < -0.3 is 4.57 Å². The first-order valence-electron chi connectivity index (χ1n) is 7.00. The third-order valence-corrected chi connectivity index (χ3v) is 6.33. The van der Waals surface area contributed by atoms with Crippen molar-refractivity contribution in [3.63, 3.8) is 0 Å². The van der Waals surface area contributed by atoms with Crippen LogP contribution < -0.4 is 4.80 Å². The third kappa shape index (κ3) is 3.64. The first kappa shape index (κ1) is 18.1. The third-order valence-electron chi connectivity index (χ3n) is 3.56. The Morgan fingerprint density at radius 1 is 1.16 bits per heavy atom. The van der Waals surface area contributed by atoms with E-state index in [-0.39, 0.29) is 15.5 Å². The van der Waals surface area contributed by atoms with Crippen molar-refractivity contribution in [1.82, 2.24) is 4.57 Å². The van der Waals surface area contributed by atoms with E-state index < -0.39 is 15.7 Å². The minimum absolute atomic E-state index is 0.212. The zero-order valence-electron chi connectivity index (χ0n) is 13.2. The predicted octanol–water partition coefficient (Wildman–Crippen LogP) is 3.69. The van der Waals surface area contributed by atoms with Crippen LogP contribution in [0.3, 0.4) is 0 Å². The average Bonchev–Trinajstić information content (AvgIpc) is 2.84. The highest BCUT2D eigenvalue weighted by molar-refractivity contribution is 7.90. The van der Waals surface area contributed by atoms with Gasteiger partial charge in [-0.3, -0.25) is 4.79 Å². The smallest absolute Gasteiger partial charge is 0.281 e.